The molecule has 1 aliphatic heterocycles. The largest absolute Gasteiger partial charge is 0.396 e. The first-order chi connectivity index (χ1) is 7.40. The van der Waals surface area contributed by atoms with Crippen molar-refractivity contribution in [1.82, 2.24) is 0 Å². The quantitative estimate of drug-likeness (QED) is 0.740. The summed E-state index contributed by atoms with van der Waals surface area (Å²) >= 11 is 0. The number of hydrogen-bond acceptors (Lipinski definition) is 2. The second kappa shape index (κ2) is 5.17. The van der Waals surface area contributed by atoms with Crippen LogP contribution < -0.4 is 5.32 Å². The Morgan fingerprint density at radius 1 is 1.27 bits per heavy atom. The zero-order valence-corrected chi connectivity index (χ0v) is 9.13. The number of anilines is 1. The SMILES string of the molecule is OCCCCc1ccc2c(c1)CCCN2. The Hall–Kier alpha value is -1.02. The molecule has 2 rings (SSSR count). The van der Waals surface area contributed by atoms with Gasteiger partial charge in [0.25, 0.3) is 0 Å². The predicted octanol–water partition coefficient (Wildman–Crippen LogP) is 2.36. The number of aliphatic hydroxyl groups excluding tert-OH is 1. The maximum atomic E-state index is 8.73. The number of benzene rings is 1. The Balaban J connectivity index is 2.00. The average molecular weight is 205 g/mol. The van der Waals surface area contributed by atoms with Gasteiger partial charge in [-0.15, -0.1) is 0 Å². The highest BCUT2D eigenvalue weighted by Gasteiger charge is 2.08. The van der Waals surface area contributed by atoms with E-state index < -0.39 is 0 Å². The van der Waals surface area contributed by atoms with E-state index in [0.29, 0.717) is 6.61 Å². The lowest BCUT2D eigenvalue weighted by molar-refractivity contribution is 0.284. The molecule has 2 heteroatoms. The first-order valence-corrected chi connectivity index (χ1v) is 5.86. The summed E-state index contributed by atoms with van der Waals surface area (Å²) < 4.78 is 0. The fraction of sp³-hybridized carbons (Fsp3) is 0.538. The van der Waals surface area contributed by atoms with Crippen molar-refractivity contribution in [3.05, 3.63) is 29.3 Å². The summed E-state index contributed by atoms with van der Waals surface area (Å²) in [5.74, 6) is 0. The minimum Gasteiger partial charge on any atom is -0.396 e. The van der Waals surface area contributed by atoms with Gasteiger partial charge in [-0.3, -0.25) is 0 Å². The van der Waals surface area contributed by atoms with Crippen LogP contribution in [0.4, 0.5) is 5.69 Å². The van der Waals surface area contributed by atoms with Crippen molar-refractivity contribution in [2.75, 3.05) is 18.5 Å². The van der Waals surface area contributed by atoms with Gasteiger partial charge in [0.2, 0.25) is 0 Å². The van der Waals surface area contributed by atoms with Crippen molar-refractivity contribution in [3.8, 4) is 0 Å². The topological polar surface area (TPSA) is 32.3 Å². The van der Waals surface area contributed by atoms with Crippen molar-refractivity contribution in [2.24, 2.45) is 0 Å². The Morgan fingerprint density at radius 3 is 3.07 bits per heavy atom. The van der Waals surface area contributed by atoms with Gasteiger partial charge in [0.05, 0.1) is 0 Å². The summed E-state index contributed by atoms with van der Waals surface area (Å²) in [5.41, 5.74) is 4.18. The maximum Gasteiger partial charge on any atom is 0.0431 e. The van der Waals surface area contributed by atoms with E-state index in [1.807, 2.05) is 0 Å². The molecule has 82 valence electrons. The van der Waals surface area contributed by atoms with Crippen LogP contribution in [0.1, 0.15) is 30.4 Å². The third-order valence-electron chi connectivity index (χ3n) is 2.98. The van der Waals surface area contributed by atoms with Crippen LogP contribution in [0.25, 0.3) is 0 Å². The molecule has 1 aromatic carbocycles. The molecule has 2 nitrogen and oxygen atoms in total. The number of fused-ring (bicyclic) bond motifs is 1. The highest BCUT2D eigenvalue weighted by Crippen LogP contribution is 2.23. The lowest BCUT2D eigenvalue weighted by Gasteiger charge is -2.18. The fourth-order valence-corrected chi connectivity index (χ4v) is 2.12. The zero-order chi connectivity index (χ0) is 10.5. The molecule has 0 fully saturated rings. The number of nitrogens with one attached hydrogen (secondary N) is 1. The standard InChI is InChI=1S/C13H19NO/c15-9-2-1-4-11-6-7-13-12(10-11)5-3-8-14-13/h6-7,10,14-15H,1-5,8-9H2. The normalized spacial score (nSPS) is 14.5. The number of hydrogen-bond donors (Lipinski definition) is 2. The molecular weight excluding hydrogens is 186 g/mol. The summed E-state index contributed by atoms with van der Waals surface area (Å²) in [6.07, 6.45) is 5.54. The van der Waals surface area contributed by atoms with Crippen LogP contribution in [0, 0.1) is 0 Å². The predicted molar refractivity (Wildman–Crippen MR) is 63.3 cm³/mol. The molecule has 0 bridgehead atoms. The first kappa shape index (κ1) is 10.5. The summed E-state index contributed by atoms with van der Waals surface area (Å²) in [4.78, 5) is 0. The lowest BCUT2D eigenvalue weighted by Crippen LogP contribution is -2.11. The van der Waals surface area contributed by atoms with Crippen molar-refractivity contribution < 1.29 is 5.11 Å². The highest BCUT2D eigenvalue weighted by atomic mass is 16.2. The van der Waals surface area contributed by atoms with E-state index in [4.69, 9.17) is 5.11 Å². The molecular formula is C13H19NO. The highest BCUT2D eigenvalue weighted by molar-refractivity contribution is 5.54. The molecule has 0 amide bonds. The van der Waals surface area contributed by atoms with E-state index in [1.54, 1.807) is 0 Å². The van der Waals surface area contributed by atoms with Crippen LogP contribution in [-0.2, 0) is 12.8 Å². The minimum absolute atomic E-state index is 0.312. The van der Waals surface area contributed by atoms with E-state index in [-0.39, 0.29) is 0 Å². The maximum absolute atomic E-state index is 8.73. The van der Waals surface area contributed by atoms with Crippen molar-refractivity contribution in [2.45, 2.75) is 32.1 Å². The van der Waals surface area contributed by atoms with Gasteiger partial charge in [-0.2, -0.15) is 0 Å². The molecule has 0 atom stereocenters. The van der Waals surface area contributed by atoms with Crippen LogP contribution in [-0.4, -0.2) is 18.3 Å². The molecule has 2 N–H and O–H groups in total. The minimum atomic E-state index is 0.312. The molecule has 1 heterocycles. The summed E-state index contributed by atoms with van der Waals surface area (Å²) in [5, 5.41) is 12.1. The molecule has 0 unspecified atom stereocenters. The third-order valence-corrected chi connectivity index (χ3v) is 2.98. The third kappa shape index (κ3) is 2.72. The Kier molecular flexibility index (Phi) is 3.62. The number of rotatable bonds is 4. The fourth-order valence-electron chi connectivity index (χ4n) is 2.12. The molecule has 0 saturated carbocycles. The molecule has 0 aromatic heterocycles. The lowest BCUT2D eigenvalue weighted by atomic mass is 9.98. The smallest absolute Gasteiger partial charge is 0.0431 e. The van der Waals surface area contributed by atoms with Gasteiger partial charge < -0.3 is 10.4 Å². The molecule has 0 radical (unpaired) electrons. The second-order valence-corrected chi connectivity index (χ2v) is 4.20. The van der Waals surface area contributed by atoms with Gasteiger partial charge in [0.15, 0.2) is 0 Å². The number of aryl methyl sites for hydroxylation is 2. The zero-order valence-electron chi connectivity index (χ0n) is 9.13. The van der Waals surface area contributed by atoms with Gasteiger partial charge in [0.1, 0.15) is 0 Å². The van der Waals surface area contributed by atoms with Gasteiger partial charge >= 0.3 is 0 Å². The molecule has 0 spiro atoms. The van der Waals surface area contributed by atoms with E-state index >= 15 is 0 Å². The van der Waals surface area contributed by atoms with Gasteiger partial charge in [-0.1, -0.05) is 12.1 Å². The van der Waals surface area contributed by atoms with Crippen molar-refractivity contribution >= 4 is 5.69 Å². The Morgan fingerprint density at radius 2 is 2.20 bits per heavy atom. The van der Waals surface area contributed by atoms with Crippen LogP contribution in [0.5, 0.6) is 0 Å². The van der Waals surface area contributed by atoms with Gasteiger partial charge in [0, 0.05) is 18.8 Å². The Labute approximate surface area is 91.3 Å². The van der Waals surface area contributed by atoms with Crippen LogP contribution >= 0.6 is 0 Å². The first-order valence-electron chi connectivity index (χ1n) is 5.86. The summed E-state index contributed by atoms with van der Waals surface area (Å²) in [6, 6.07) is 6.72. The summed E-state index contributed by atoms with van der Waals surface area (Å²) in [6.45, 7) is 1.42. The average Bonchev–Trinajstić information content (AvgIpc) is 2.29. The van der Waals surface area contributed by atoms with E-state index in [1.165, 1.54) is 29.7 Å². The van der Waals surface area contributed by atoms with Crippen molar-refractivity contribution in [1.29, 1.82) is 0 Å². The van der Waals surface area contributed by atoms with Crippen LogP contribution in [0.2, 0.25) is 0 Å². The molecule has 1 aromatic rings. The van der Waals surface area contributed by atoms with E-state index in [9.17, 15) is 0 Å². The number of unbranched alkanes of at least 4 members (excludes halogenated alkanes) is 1. The molecule has 0 saturated heterocycles. The summed E-state index contributed by atoms with van der Waals surface area (Å²) in [7, 11) is 0. The Bertz CT molecular complexity index is 322. The molecule has 0 aliphatic carbocycles. The van der Waals surface area contributed by atoms with Crippen LogP contribution in [0.15, 0.2) is 18.2 Å². The molecule has 15 heavy (non-hydrogen) atoms. The monoisotopic (exact) mass is 205 g/mol. The van der Waals surface area contributed by atoms with Gasteiger partial charge in [-0.25, -0.2) is 0 Å². The van der Waals surface area contributed by atoms with E-state index in [2.05, 4.69) is 23.5 Å². The van der Waals surface area contributed by atoms with Gasteiger partial charge in [-0.05, 0) is 49.3 Å². The van der Waals surface area contributed by atoms with Crippen LogP contribution in [0.3, 0.4) is 0 Å². The molecule has 1 aliphatic rings. The van der Waals surface area contributed by atoms with Crippen molar-refractivity contribution in [3.63, 3.8) is 0 Å². The second-order valence-electron chi connectivity index (χ2n) is 4.20. The van der Waals surface area contributed by atoms with E-state index in [0.717, 1.165) is 25.8 Å². The number of aliphatic hydroxyl groups is 1.